The zero-order valence-corrected chi connectivity index (χ0v) is 16.0. The van der Waals surface area contributed by atoms with Crippen molar-refractivity contribution in [1.82, 2.24) is 4.31 Å². The van der Waals surface area contributed by atoms with Crippen molar-refractivity contribution in [3.8, 4) is 0 Å². The average molecular weight is 381 g/mol. The normalized spacial score (nSPS) is 22.0. The third-order valence-electron chi connectivity index (χ3n) is 4.47. The minimum absolute atomic E-state index is 0. The van der Waals surface area contributed by atoms with Crippen LogP contribution in [0.3, 0.4) is 0 Å². The van der Waals surface area contributed by atoms with Crippen molar-refractivity contribution in [3.05, 3.63) is 17.1 Å². The van der Waals surface area contributed by atoms with E-state index in [1.807, 2.05) is 6.92 Å². The molecule has 1 aliphatic rings. The number of aryl methyl sites for hydroxylation is 2. The topological polar surface area (TPSA) is 103 Å². The van der Waals surface area contributed by atoms with Crippen molar-refractivity contribution < 1.29 is 22.4 Å². The highest BCUT2D eigenvalue weighted by atomic mass is 35.5. The molecule has 0 saturated carbocycles. The number of carbonyl (C=O) groups excluding carboxylic acids is 1. The van der Waals surface area contributed by atoms with E-state index in [2.05, 4.69) is 0 Å². The summed E-state index contributed by atoms with van der Waals surface area (Å²) in [6.45, 7) is 5.71. The van der Waals surface area contributed by atoms with Crippen molar-refractivity contribution in [1.29, 1.82) is 0 Å². The number of hydrogen-bond donors (Lipinski definition) is 1. The molecule has 7 nitrogen and oxygen atoms in total. The van der Waals surface area contributed by atoms with Gasteiger partial charge in [0.25, 0.3) is 0 Å². The van der Waals surface area contributed by atoms with Crippen LogP contribution in [0, 0.1) is 19.8 Å². The maximum Gasteiger partial charge on any atom is 0.342 e. The highest BCUT2D eigenvalue weighted by molar-refractivity contribution is 7.89. The molecule has 2 atom stereocenters. The van der Waals surface area contributed by atoms with Gasteiger partial charge in [-0.25, -0.2) is 13.2 Å². The summed E-state index contributed by atoms with van der Waals surface area (Å²) >= 11 is 0. The van der Waals surface area contributed by atoms with Crippen LogP contribution in [0.25, 0.3) is 0 Å². The van der Waals surface area contributed by atoms with Crippen LogP contribution in [0.15, 0.2) is 9.31 Å². The molecule has 1 aliphatic heterocycles. The number of nitrogens with two attached hydrogens (primary N) is 1. The molecule has 2 unspecified atom stereocenters. The van der Waals surface area contributed by atoms with E-state index in [-0.39, 0.29) is 52.9 Å². The number of methoxy groups -OCH3 is 1. The van der Waals surface area contributed by atoms with Crippen LogP contribution >= 0.6 is 12.4 Å². The summed E-state index contributed by atoms with van der Waals surface area (Å²) in [5, 5.41) is 0. The van der Waals surface area contributed by atoms with Crippen LogP contribution in [0.2, 0.25) is 0 Å². The van der Waals surface area contributed by atoms with Gasteiger partial charge in [0, 0.05) is 19.1 Å². The zero-order chi connectivity index (χ0) is 17.4. The zero-order valence-electron chi connectivity index (χ0n) is 14.4. The van der Waals surface area contributed by atoms with Gasteiger partial charge in [0.05, 0.1) is 7.11 Å². The fraction of sp³-hybridized carbons (Fsp3) is 0.667. The fourth-order valence-corrected chi connectivity index (χ4v) is 5.43. The van der Waals surface area contributed by atoms with E-state index in [1.165, 1.54) is 18.3 Å². The van der Waals surface area contributed by atoms with Gasteiger partial charge in [0.2, 0.25) is 10.0 Å². The summed E-state index contributed by atoms with van der Waals surface area (Å²) in [5.41, 5.74) is 5.78. The van der Waals surface area contributed by atoms with Gasteiger partial charge < -0.3 is 14.9 Å². The number of ether oxygens (including phenoxy) is 1. The second-order valence-electron chi connectivity index (χ2n) is 5.95. The molecule has 2 N–H and O–H groups in total. The number of hydrogen-bond acceptors (Lipinski definition) is 6. The molecule has 0 radical (unpaired) electrons. The molecule has 0 bridgehead atoms. The van der Waals surface area contributed by atoms with E-state index in [0.717, 1.165) is 12.8 Å². The van der Waals surface area contributed by atoms with Crippen molar-refractivity contribution >= 4 is 28.4 Å². The van der Waals surface area contributed by atoms with E-state index in [4.69, 9.17) is 14.9 Å². The van der Waals surface area contributed by atoms with Crippen LogP contribution in [-0.4, -0.2) is 44.9 Å². The number of rotatable bonds is 4. The van der Waals surface area contributed by atoms with Gasteiger partial charge in [-0.3, -0.25) is 0 Å². The highest BCUT2D eigenvalue weighted by Crippen LogP contribution is 2.34. The van der Waals surface area contributed by atoms with E-state index >= 15 is 0 Å². The molecule has 1 saturated heterocycles. The summed E-state index contributed by atoms with van der Waals surface area (Å²) in [6.07, 6.45) is 1.70. The second-order valence-corrected chi connectivity index (χ2v) is 7.78. The van der Waals surface area contributed by atoms with E-state index in [0.29, 0.717) is 6.54 Å². The molecule has 0 spiro atoms. The number of furan rings is 1. The first kappa shape index (κ1) is 21.0. The van der Waals surface area contributed by atoms with E-state index in [9.17, 15) is 13.2 Å². The molecule has 1 aromatic rings. The highest BCUT2D eigenvalue weighted by Gasteiger charge is 2.41. The molecule has 1 fully saturated rings. The minimum Gasteiger partial charge on any atom is -0.465 e. The van der Waals surface area contributed by atoms with Crippen LogP contribution in [0.5, 0.6) is 0 Å². The Kier molecular flexibility index (Phi) is 6.86. The van der Waals surface area contributed by atoms with Crippen molar-refractivity contribution in [2.24, 2.45) is 11.7 Å². The fourth-order valence-electron chi connectivity index (χ4n) is 3.29. The quantitative estimate of drug-likeness (QED) is 0.799. The largest absolute Gasteiger partial charge is 0.465 e. The van der Waals surface area contributed by atoms with Gasteiger partial charge >= 0.3 is 5.97 Å². The Morgan fingerprint density at radius 3 is 2.54 bits per heavy atom. The Bertz CT molecular complexity index is 701. The third-order valence-corrected chi connectivity index (χ3v) is 6.55. The van der Waals surface area contributed by atoms with Gasteiger partial charge in [0.1, 0.15) is 22.0 Å². The second kappa shape index (κ2) is 7.86. The number of sulfonamides is 1. The number of carbonyl (C=O) groups is 1. The first-order valence-corrected chi connectivity index (χ1v) is 9.09. The first-order valence-electron chi connectivity index (χ1n) is 7.65. The maximum absolute atomic E-state index is 13.2. The van der Waals surface area contributed by atoms with Crippen molar-refractivity contribution in [3.63, 3.8) is 0 Å². The monoisotopic (exact) mass is 380 g/mol. The molecule has 9 heteroatoms. The number of nitrogens with zero attached hydrogens (tertiary/aromatic N) is 1. The van der Waals surface area contributed by atoms with E-state index < -0.39 is 16.0 Å². The van der Waals surface area contributed by atoms with Gasteiger partial charge in [0.15, 0.2) is 0 Å². The maximum atomic E-state index is 13.2. The summed E-state index contributed by atoms with van der Waals surface area (Å²) in [7, 11) is -2.68. The molecule has 0 aliphatic carbocycles. The Labute approximate surface area is 149 Å². The van der Waals surface area contributed by atoms with Crippen LogP contribution < -0.4 is 5.73 Å². The molecule has 2 rings (SSSR count). The molecule has 138 valence electrons. The molecule has 0 amide bonds. The summed E-state index contributed by atoms with van der Waals surface area (Å²) in [5.74, 6) is -0.120. The Balaban J connectivity index is 0.00000288. The smallest absolute Gasteiger partial charge is 0.342 e. The Hall–Kier alpha value is -1.09. The van der Waals surface area contributed by atoms with E-state index in [1.54, 1.807) is 6.92 Å². The standard InChI is InChI=1S/C15H24N2O5S.ClH/c1-9-6-5-7-17(12(9)8-16)23(19,20)14-11(3)22-10(2)13(14)15(18)21-4;/h9,12H,5-8,16H2,1-4H3;1H. The number of halogens is 1. The molecule has 24 heavy (non-hydrogen) atoms. The molecule has 2 heterocycles. The SMILES string of the molecule is COC(=O)c1c(C)oc(C)c1S(=O)(=O)N1CCCC(C)C1CN.Cl. The lowest BCUT2D eigenvalue weighted by Gasteiger charge is -2.38. The minimum atomic E-state index is -3.89. The predicted octanol–water partition coefficient (Wildman–Crippen LogP) is 1.85. The van der Waals surface area contributed by atoms with Crippen molar-refractivity contribution in [2.45, 2.75) is 44.6 Å². The summed E-state index contributed by atoms with van der Waals surface area (Å²) in [4.78, 5) is 11.9. The molecular weight excluding hydrogens is 356 g/mol. The lowest BCUT2D eigenvalue weighted by atomic mass is 9.93. The Morgan fingerprint density at radius 1 is 1.38 bits per heavy atom. The third kappa shape index (κ3) is 3.46. The lowest BCUT2D eigenvalue weighted by molar-refractivity contribution is 0.0594. The van der Waals surface area contributed by atoms with Gasteiger partial charge in [-0.2, -0.15) is 4.31 Å². The molecular formula is C15H25ClN2O5S. The van der Waals surface area contributed by atoms with Gasteiger partial charge in [-0.15, -0.1) is 12.4 Å². The first-order chi connectivity index (χ1) is 10.8. The van der Waals surface area contributed by atoms with Gasteiger partial charge in [-0.05, 0) is 32.6 Å². The lowest BCUT2D eigenvalue weighted by Crippen LogP contribution is -2.51. The van der Waals surface area contributed by atoms with Crippen LogP contribution in [0.4, 0.5) is 0 Å². The average Bonchev–Trinajstić information content (AvgIpc) is 2.81. The van der Waals surface area contributed by atoms with Gasteiger partial charge in [-0.1, -0.05) is 6.92 Å². The molecule has 0 aromatic carbocycles. The van der Waals surface area contributed by atoms with Crippen LogP contribution in [0.1, 0.15) is 41.6 Å². The predicted molar refractivity (Wildman–Crippen MR) is 91.9 cm³/mol. The van der Waals surface area contributed by atoms with Crippen molar-refractivity contribution in [2.75, 3.05) is 20.2 Å². The van der Waals surface area contributed by atoms with Crippen LogP contribution in [-0.2, 0) is 14.8 Å². The number of esters is 1. The molecule has 1 aromatic heterocycles. The Morgan fingerprint density at radius 2 is 2.00 bits per heavy atom. The number of piperidine rings is 1. The summed E-state index contributed by atoms with van der Waals surface area (Å²) in [6, 6.07) is -0.283. The summed E-state index contributed by atoms with van der Waals surface area (Å²) < 4.78 is 37.9.